The van der Waals surface area contributed by atoms with Crippen LogP contribution in [-0.4, -0.2) is 28.5 Å². The first-order chi connectivity index (χ1) is 9.83. The molecule has 0 bridgehead atoms. The zero-order valence-electron chi connectivity index (χ0n) is 11.9. The summed E-state index contributed by atoms with van der Waals surface area (Å²) in [6.07, 6.45) is 8.34. The number of hydrogen-bond donors (Lipinski definition) is 0. The molecule has 2 heterocycles. The van der Waals surface area contributed by atoms with Gasteiger partial charge in [0.15, 0.2) is 0 Å². The van der Waals surface area contributed by atoms with Crippen LogP contribution in [0.3, 0.4) is 0 Å². The van der Waals surface area contributed by atoms with Gasteiger partial charge in [0, 0.05) is 49.6 Å². The molecule has 1 fully saturated rings. The Bertz CT molecular complexity index is 551. The second-order valence-electron chi connectivity index (χ2n) is 5.42. The van der Waals surface area contributed by atoms with Gasteiger partial charge in [-0.2, -0.15) is 0 Å². The summed E-state index contributed by atoms with van der Waals surface area (Å²) in [5.41, 5.74) is 2.32. The van der Waals surface area contributed by atoms with E-state index in [4.69, 9.17) is 0 Å². The van der Waals surface area contributed by atoms with Crippen LogP contribution in [0, 0.1) is 0 Å². The van der Waals surface area contributed by atoms with Gasteiger partial charge >= 0.3 is 0 Å². The fraction of sp³-hybridized carbons (Fsp3) is 0.438. The van der Waals surface area contributed by atoms with Crippen molar-refractivity contribution in [3.05, 3.63) is 48.2 Å². The molecule has 0 aliphatic heterocycles. The van der Waals surface area contributed by atoms with Gasteiger partial charge in [0.05, 0.1) is 0 Å². The molecule has 1 aliphatic carbocycles. The number of hydrogen-bond acceptors (Lipinski definition) is 4. The molecule has 0 saturated heterocycles. The molecule has 0 atom stereocenters. The molecule has 0 N–H and O–H groups in total. The van der Waals surface area contributed by atoms with Gasteiger partial charge in [-0.1, -0.05) is 12.5 Å². The summed E-state index contributed by atoms with van der Waals surface area (Å²) in [6, 6.07) is 8.18. The smallest absolute Gasteiger partial charge is 0.131 e. The van der Waals surface area contributed by atoms with E-state index < -0.39 is 0 Å². The van der Waals surface area contributed by atoms with E-state index in [0.29, 0.717) is 5.92 Å². The molecule has 0 radical (unpaired) electrons. The van der Waals surface area contributed by atoms with Gasteiger partial charge < -0.3 is 4.90 Å². The number of likely N-dealkylation sites (N-methyl/N-ethyl adjacent to an activating group) is 1. The minimum atomic E-state index is 0.654. The van der Waals surface area contributed by atoms with E-state index in [-0.39, 0.29) is 0 Å². The summed E-state index contributed by atoms with van der Waals surface area (Å²) in [6.45, 7) is 0.915. The molecule has 0 amide bonds. The minimum absolute atomic E-state index is 0.654. The molecule has 4 heteroatoms. The SMILES string of the molecule is CN(CCc1ccccn1)c1cc(C2CCC2)ncn1. The molecule has 104 valence electrons. The van der Waals surface area contributed by atoms with Crippen LogP contribution in [0.1, 0.15) is 36.6 Å². The highest BCUT2D eigenvalue weighted by Gasteiger charge is 2.21. The maximum absolute atomic E-state index is 4.41. The quantitative estimate of drug-likeness (QED) is 0.836. The fourth-order valence-electron chi connectivity index (χ4n) is 2.44. The summed E-state index contributed by atoms with van der Waals surface area (Å²) < 4.78 is 0. The Morgan fingerprint density at radius 3 is 2.80 bits per heavy atom. The molecular formula is C16H20N4. The van der Waals surface area contributed by atoms with Crippen LogP contribution in [-0.2, 0) is 6.42 Å². The summed E-state index contributed by atoms with van der Waals surface area (Å²) in [7, 11) is 2.08. The molecule has 3 rings (SSSR count). The van der Waals surface area contributed by atoms with Crippen molar-refractivity contribution in [2.24, 2.45) is 0 Å². The van der Waals surface area contributed by atoms with Crippen LogP contribution in [0.4, 0.5) is 5.82 Å². The molecular weight excluding hydrogens is 248 g/mol. The Hall–Kier alpha value is -1.97. The second kappa shape index (κ2) is 5.99. The monoisotopic (exact) mass is 268 g/mol. The molecule has 1 saturated carbocycles. The molecule has 1 aliphatic rings. The molecule has 0 unspecified atom stereocenters. The lowest BCUT2D eigenvalue weighted by Crippen LogP contribution is -2.22. The van der Waals surface area contributed by atoms with Crippen LogP contribution >= 0.6 is 0 Å². The van der Waals surface area contributed by atoms with Crippen LogP contribution in [0.15, 0.2) is 36.8 Å². The standard InChI is InChI=1S/C16H20N4/c1-20(10-8-14-7-2-3-9-17-14)16-11-15(18-12-19-16)13-5-4-6-13/h2-3,7,9,11-13H,4-6,8,10H2,1H3. The van der Waals surface area contributed by atoms with Crippen molar-refractivity contribution < 1.29 is 0 Å². The third-order valence-electron chi connectivity index (χ3n) is 4.02. The van der Waals surface area contributed by atoms with Crippen molar-refractivity contribution in [3.8, 4) is 0 Å². The second-order valence-corrected chi connectivity index (χ2v) is 5.42. The van der Waals surface area contributed by atoms with E-state index in [1.54, 1.807) is 6.33 Å². The van der Waals surface area contributed by atoms with Gasteiger partial charge in [-0.3, -0.25) is 4.98 Å². The molecule has 2 aromatic rings. The zero-order chi connectivity index (χ0) is 13.8. The van der Waals surface area contributed by atoms with E-state index in [2.05, 4.69) is 39.0 Å². The Morgan fingerprint density at radius 2 is 2.10 bits per heavy atom. The average Bonchev–Trinajstić information content (AvgIpc) is 2.44. The van der Waals surface area contributed by atoms with Gasteiger partial charge in [0.25, 0.3) is 0 Å². The molecule has 4 nitrogen and oxygen atoms in total. The average molecular weight is 268 g/mol. The normalized spacial score (nSPS) is 14.8. The van der Waals surface area contributed by atoms with Crippen molar-refractivity contribution in [2.45, 2.75) is 31.6 Å². The van der Waals surface area contributed by atoms with E-state index in [9.17, 15) is 0 Å². The van der Waals surface area contributed by atoms with E-state index >= 15 is 0 Å². The van der Waals surface area contributed by atoms with Crippen LogP contribution < -0.4 is 4.90 Å². The first-order valence-corrected chi connectivity index (χ1v) is 7.26. The molecule has 2 aromatic heterocycles. The summed E-state index contributed by atoms with van der Waals surface area (Å²) >= 11 is 0. The number of nitrogens with zero attached hydrogens (tertiary/aromatic N) is 4. The van der Waals surface area contributed by atoms with Crippen molar-refractivity contribution in [3.63, 3.8) is 0 Å². The summed E-state index contributed by atoms with van der Waals surface area (Å²) in [5, 5.41) is 0. The number of aromatic nitrogens is 3. The highest BCUT2D eigenvalue weighted by Crippen LogP contribution is 2.35. The van der Waals surface area contributed by atoms with Gasteiger partial charge in [0.1, 0.15) is 12.1 Å². The lowest BCUT2D eigenvalue weighted by atomic mass is 9.83. The maximum atomic E-state index is 4.41. The highest BCUT2D eigenvalue weighted by molar-refractivity contribution is 5.39. The lowest BCUT2D eigenvalue weighted by Gasteiger charge is -2.26. The summed E-state index contributed by atoms with van der Waals surface area (Å²) in [5.74, 6) is 1.67. The van der Waals surface area contributed by atoms with E-state index in [1.165, 1.54) is 25.0 Å². The molecule has 20 heavy (non-hydrogen) atoms. The van der Waals surface area contributed by atoms with Crippen LogP contribution in [0.5, 0.6) is 0 Å². The Labute approximate surface area is 119 Å². The van der Waals surface area contributed by atoms with Gasteiger partial charge in [0.2, 0.25) is 0 Å². The third kappa shape index (κ3) is 2.95. The van der Waals surface area contributed by atoms with E-state index in [1.807, 2.05) is 18.3 Å². The Kier molecular flexibility index (Phi) is 3.90. The van der Waals surface area contributed by atoms with Gasteiger partial charge in [-0.15, -0.1) is 0 Å². The predicted molar refractivity (Wildman–Crippen MR) is 79.8 cm³/mol. The lowest BCUT2D eigenvalue weighted by molar-refractivity contribution is 0.410. The van der Waals surface area contributed by atoms with E-state index in [0.717, 1.165) is 24.5 Å². The predicted octanol–water partition coefficient (Wildman–Crippen LogP) is 2.82. The number of pyridine rings is 1. The minimum Gasteiger partial charge on any atom is -0.359 e. The molecule has 0 spiro atoms. The van der Waals surface area contributed by atoms with Gasteiger partial charge in [-0.05, 0) is 25.0 Å². The van der Waals surface area contributed by atoms with Crippen molar-refractivity contribution >= 4 is 5.82 Å². The largest absolute Gasteiger partial charge is 0.359 e. The number of rotatable bonds is 5. The fourth-order valence-corrected chi connectivity index (χ4v) is 2.44. The van der Waals surface area contributed by atoms with Crippen molar-refractivity contribution in [1.29, 1.82) is 0 Å². The topological polar surface area (TPSA) is 41.9 Å². The van der Waals surface area contributed by atoms with Crippen LogP contribution in [0.25, 0.3) is 0 Å². The van der Waals surface area contributed by atoms with Crippen LogP contribution in [0.2, 0.25) is 0 Å². The summed E-state index contributed by atoms with van der Waals surface area (Å²) in [4.78, 5) is 15.3. The first-order valence-electron chi connectivity index (χ1n) is 7.26. The Balaban J connectivity index is 1.63. The van der Waals surface area contributed by atoms with Gasteiger partial charge in [-0.25, -0.2) is 9.97 Å². The molecule has 0 aromatic carbocycles. The Morgan fingerprint density at radius 1 is 1.20 bits per heavy atom. The number of anilines is 1. The first kappa shape index (κ1) is 13.0. The van der Waals surface area contributed by atoms with Crippen molar-refractivity contribution in [1.82, 2.24) is 15.0 Å². The third-order valence-corrected chi connectivity index (χ3v) is 4.02. The highest BCUT2D eigenvalue weighted by atomic mass is 15.2. The maximum Gasteiger partial charge on any atom is 0.131 e. The van der Waals surface area contributed by atoms with Crippen molar-refractivity contribution in [2.75, 3.05) is 18.5 Å². The zero-order valence-corrected chi connectivity index (χ0v) is 11.9.